The summed E-state index contributed by atoms with van der Waals surface area (Å²) < 4.78 is 0. The van der Waals surface area contributed by atoms with E-state index in [-0.39, 0.29) is 11.8 Å². The number of aromatic nitrogens is 1. The van der Waals surface area contributed by atoms with Gasteiger partial charge in [0.2, 0.25) is 0 Å². The summed E-state index contributed by atoms with van der Waals surface area (Å²) in [5.41, 5.74) is 2.10. The highest BCUT2D eigenvalue weighted by molar-refractivity contribution is 5.98. The fourth-order valence-electron chi connectivity index (χ4n) is 3.26. The van der Waals surface area contributed by atoms with Crippen molar-refractivity contribution in [2.24, 2.45) is 16.1 Å². The molecule has 3 rings (SSSR count). The number of pyridine rings is 1. The molecule has 0 aliphatic heterocycles. The van der Waals surface area contributed by atoms with Gasteiger partial charge in [0.15, 0.2) is 0 Å². The van der Waals surface area contributed by atoms with E-state index in [9.17, 15) is 4.79 Å². The number of nitrogens with zero attached hydrogens (tertiary/aromatic N) is 4. The molecule has 1 amide bonds. The molecule has 2 saturated carbocycles. The molecule has 184 valence electrons. The molecule has 8 heteroatoms. The van der Waals surface area contributed by atoms with E-state index >= 15 is 0 Å². The molecule has 1 aromatic heterocycles. The lowest BCUT2D eigenvalue weighted by molar-refractivity contribution is -0.116. The summed E-state index contributed by atoms with van der Waals surface area (Å²) in [6.45, 7) is 5.53. The number of nitrogens with one attached hydrogen (secondary N) is 3. The summed E-state index contributed by atoms with van der Waals surface area (Å²) in [6.07, 6.45) is 20.6. The molecule has 2 aliphatic carbocycles. The van der Waals surface area contributed by atoms with Crippen LogP contribution in [-0.2, 0) is 4.79 Å². The second-order valence-corrected chi connectivity index (χ2v) is 8.88. The minimum absolute atomic E-state index is 0.0253. The molecule has 0 bridgehead atoms. The molecule has 1 atom stereocenters. The van der Waals surface area contributed by atoms with E-state index < -0.39 is 0 Å². The minimum Gasteiger partial charge on any atom is -0.367 e. The highest BCUT2D eigenvalue weighted by atomic mass is 16.1. The molecule has 0 spiro atoms. The number of amides is 1. The zero-order valence-corrected chi connectivity index (χ0v) is 20.5. The predicted molar refractivity (Wildman–Crippen MR) is 145 cm³/mol. The SMILES string of the molecule is C=CCC(/C=C/NC(=O)/C(C)=C/C(=C\C=N)c1ccc(NC2CC2)nc1)/C=N/N=C\N(C)C1CC1. The topological polar surface area (TPSA) is 106 Å². The molecule has 1 heterocycles. The van der Waals surface area contributed by atoms with Gasteiger partial charge in [-0.25, -0.2) is 4.98 Å². The molecule has 1 aromatic rings. The lowest BCUT2D eigenvalue weighted by Gasteiger charge is -2.09. The normalized spacial score (nSPS) is 17.7. The van der Waals surface area contributed by atoms with Crippen LogP contribution in [0.15, 0.2) is 71.2 Å². The maximum Gasteiger partial charge on any atom is 0.250 e. The Bertz CT molecular complexity index is 1030. The molecular weight excluding hydrogens is 438 g/mol. The number of allylic oxidation sites excluding steroid dienone is 5. The van der Waals surface area contributed by atoms with E-state index in [1.165, 1.54) is 31.9 Å². The first-order chi connectivity index (χ1) is 17.0. The molecule has 8 nitrogen and oxygen atoms in total. The van der Waals surface area contributed by atoms with Crippen LogP contribution in [0.25, 0.3) is 5.57 Å². The summed E-state index contributed by atoms with van der Waals surface area (Å²) >= 11 is 0. The standard InChI is InChI=1S/C27H35N7O/c1-4-5-21(17-31-32-19-34(3)25-9-10-25)13-15-29-27(35)20(2)16-22(12-14-28)23-6-11-26(30-18-23)33-24-7-8-24/h4,6,11-19,21,24-25,28H,1,5,7-10H2,2-3H3,(H,29,35)(H,30,33)/b15-13+,20-16+,22-12+,28-14?,31-17+,32-19-. The maximum absolute atomic E-state index is 12.6. The Morgan fingerprint density at radius 1 is 1.31 bits per heavy atom. The third-order valence-electron chi connectivity index (χ3n) is 5.70. The summed E-state index contributed by atoms with van der Waals surface area (Å²) in [5.74, 6) is 0.588. The number of anilines is 1. The molecule has 35 heavy (non-hydrogen) atoms. The Morgan fingerprint density at radius 2 is 2.11 bits per heavy atom. The van der Waals surface area contributed by atoms with Crippen LogP contribution in [-0.4, -0.2) is 53.7 Å². The number of hydrogen-bond donors (Lipinski definition) is 3. The van der Waals surface area contributed by atoms with Gasteiger partial charge in [-0.05, 0) is 68.9 Å². The van der Waals surface area contributed by atoms with Crippen molar-refractivity contribution in [3.63, 3.8) is 0 Å². The van der Waals surface area contributed by atoms with Gasteiger partial charge >= 0.3 is 0 Å². The fraction of sp³-hybridized carbons (Fsp3) is 0.370. The number of carbonyl (C=O) groups is 1. The van der Waals surface area contributed by atoms with Crippen LogP contribution in [0.1, 0.15) is 44.6 Å². The van der Waals surface area contributed by atoms with E-state index in [2.05, 4.69) is 37.3 Å². The van der Waals surface area contributed by atoms with Gasteiger partial charge in [0, 0.05) is 61.0 Å². The van der Waals surface area contributed by atoms with Crippen LogP contribution >= 0.6 is 0 Å². The molecule has 2 fully saturated rings. The van der Waals surface area contributed by atoms with Crippen molar-refractivity contribution < 1.29 is 4.79 Å². The summed E-state index contributed by atoms with van der Waals surface area (Å²) in [7, 11) is 2.00. The first-order valence-electron chi connectivity index (χ1n) is 12.0. The molecule has 2 aliphatic rings. The third kappa shape index (κ3) is 9.16. The van der Waals surface area contributed by atoms with E-state index in [1.54, 1.807) is 44.0 Å². The van der Waals surface area contributed by atoms with Crippen LogP contribution in [0, 0.1) is 11.3 Å². The smallest absolute Gasteiger partial charge is 0.250 e. The van der Waals surface area contributed by atoms with Crippen LogP contribution in [0.3, 0.4) is 0 Å². The quantitative estimate of drug-likeness (QED) is 0.0919. The summed E-state index contributed by atoms with van der Waals surface area (Å²) in [6, 6.07) is 4.99. The van der Waals surface area contributed by atoms with E-state index in [4.69, 9.17) is 5.41 Å². The molecular formula is C27H35N7O. The Hall–Kier alpha value is -3.81. The van der Waals surface area contributed by atoms with Gasteiger partial charge in [0.1, 0.15) is 12.2 Å². The zero-order chi connectivity index (χ0) is 25.0. The summed E-state index contributed by atoms with van der Waals surface area (Å²) in [5, 5.41) is 21.9. The maximum atomic E-state index is 12.6. The lowest BCUT2D eigenvalue weighted by Crippen LogP contribution is -2.18. The largest absolute Gasteiger partial charge is 0.367 e. The van der Waals surface area contributed by atoms with E-state index in [0.29, 0.717) is 24.1 Å². The zero-order valence-electron chi connectivity index (χ0n) is 20.5. The van der Waals surface area contributed by atoms with Crippen LogP contribution in [0.4, 0.5) is 5.82 Å². The van der Waals surface area contributed by atoms with E-state index in [0.717, 1.165) is 17.0 Å². The van der Waals surface area contributed by atoms with Crippen LogP contribution < -0.4 is 10.6 Å². The molecule has 3 N–H and O–H groups in total. The average Bonchev–Trinajstić information content (AvgIpc) is 3.76. The van der Waals surface area contributed by atoms with Gasteiger partial charge in [0.25, 0.3) is 5.91 Å². The third-order valence-corrected chi connectivity index (χ3v) is 5.70. The fourth-order valence-corrected chi connectivity index (χ4v) is 3.26. The predicted octanol–water partition coefficient (Wildman–Crippen LogP) is 4.57. The Balaban J connectivity index is 1.56. The Morgan fingerprint density at radius 3 is 2.74 bits per heavy atom. The van der Waals surface area contributed by atoms with Crippen molar-refractivity contribution in [1.29, 1.82) is 5.41 Å². The molecule has 0 saturated heterocycles. The van der Waals surface area contributed by atoms with Gasteiger partial charge in [-0.1, -0.05) is 12.2 Å². The van der Waals surface area contributed by atoms with Crippen molar-refractivity contribution in [3.8, 4) is 0 Å². The van der Waals surface area contributed by atoms with Crippen molar-refractivity contribution >= 4 is 36.1 Å². The van der Waals surface area contributed by atoms with Gasteiger partial charge in [-0.3, -0.25) is 4.79 Å². The number of hydrogen-bond acceptors (Lipinski definition) is 6. The van der Waals surface area contributed by atoms with Crippen molar-refractivity contribution in [2.45, 2.75) is 51.1 Å². The highest BCUT2D eigenvalue weighted by Crippen LogP contribution is 2.25. The number of carbonyl (C=O) groups excluding carboxylic acids is 1. The monoisotopic (exact) mass is 473 g/mol. The van der Waals surface area contributed by atoms with Gasteiger partial charge in [-0.2, -0.15) is 5.10 Å². The van der Waals surface area contributed by atoms with Gasteiger partial charge in [0.05, 0.1) is 0 Å². The van der Waals surface area contributed by atoms with Crippen LogP contribution in [0.2, 0.25) is 0 Å². The highest BCUT2D eigenvalue weighted by Gasteiger charge is 2.24. The van der Waals surface area contributed by atoms with Gasteiger partial charge in [-0.15, -0.1) is 11.7 Å². The molecule has 1 unspecified atom stereocenters. The number of rotatable bonds is 14. The second kappa shape index (κ2) is 13.2. The van der Waals surface area contributed by atoms with Crippen molar-refractivity contribution in [3.05, 3.63) is 66.5 Å². The lowest BCUT2D eigenvalue weighted by atomic mass is 10.0. The summed E-state index contributed by atoms with van der Waals surface area (Å²) in [4.78, 5) is 19.1. The average molecular weight is 474 g/mol. The molecule has 0 aromatic carbocycles. The Labute approximate surface area is 207 Å². The second-order valence-electron chi connectivity index (χ2n) is 8.88. The van der Waals surface area contributed by atoms with Gasteiger partial charge < -0.3 is 20.9 Å². The van der Waals surface area contributed by atoms with Crippen molar-refractivity contribution in [1.82, 2.24) is 15.2 Å². The first-order valence-corrected chi connectivity index (χ1v) is 12.0. The van der Waals surface area contributed by atoms with Crippen LogP contribution in [0.5, 0.6) is 0 Å². The Kier molecular flexibility index (Phi) is 9.71. The minimum atomic E-state index is -0.226. The molecule has 0 radical (unpaired) electrons. The van der Waals surface area contributed by atoms with E-state index in [1.807, 2.05) is 31.3 Å². The first kappa shape index (κ1) is 25.8. The van der Waals surface area contributed by atoms with Crippen molar-refractivity contribution in [2.75, 3.05) is 12.4 Å².